The van der Waals surface area contributed by atoms with E-state index < -0.39 is 0 Å². The van der Waals surface area contributed by atoms with Crippen molar-refractivity contribution in [2.75, 3.05) is 14.1 Å². The number of hydrogen-bond donors (Lipinski definition) is 1. The Kier molecular flexibility index (Phi) is 15.7. The van der Waals surface area contributed by atoms with Gasteiger partial charge in [0.2, 0.25) is 0 Å². The SMILES string of the molecule is C=CS\N=C/C(=C\C/C(C)=C/C=C\C(P)=C/C)C(=C\NC)/S/C(=N\C)Sc1ccccc1. The predicted molar refractivity (Wildman–Crippen MR) is 156 cm³/mol. The summed E-state index contributed by atoms with van der Waals surface area (Å²) in [6.07, 6.45) is 15.2. The van der Waals surface area contributed by atoms with Crippen molar-refractivity contribution in [3.63, 3.8) is 0 Å². The molecule has 0 aromatic heterocycles. The van der Waals surface area contributed by atoms with Gasteiger partial charge in [0.15, 0.2) is 0 Å². The molecule has 0 aliphatic rings. The average molecular weight is 502 g/mol. The number of rotatable bonds is 11. The molecule has 0 spiro atoms. The summed E-state index contributed by atoms with van der Waals surface area (Å²) in [5, 5.41) is 6.04. The third-order valence-electron chi connectivity index (χ3n) is 3.86. The summed E-state index contributed by atoms with van der Waals surface area (Å²) in [4.78, 5) is 6.71. The van der Waals surface area contributed by atoms with Gasteiger partial charge in [-0.15, -0.1) is 9.24 Å². The Balaban J connectivity index is 3.10. The van der Waals surface area contributed by atoms with Crippen LogP contribution in [0.15, 0.2) is 115 Å². The number of nitrogens with zero attached hydrogens (tertiary/aromatic N) is 2. The van der Waals surface area contributed by atoms with Crippen molar-refractivity contribution in [3.05, 3.63) is 100 Å². The molecule has 0 amide bonds. The van der Waals surface area contributed by atoms with E-state index in [2.05, 4.69) is 80.0 Å². The molecule has 0 aliphatic heterocycles. The van der Waals surface area contributed by atoms with E-state index in [1.54, 1.807) is 28.9 Å². The van der Waals surface area contributed by atoms with Gasteiger partial charge in [-0.1, -0.05) is 84.3 Å². The minimum atomic E-state index is 0.818. The van der Waals surface area contributed by atoms with Crippen LogP contribution in [0.1, 0.15) is 20.3 Å². The first-order valence-electron chi connectivity index (χ1n) is 10.0. The molecule has 0 heterocycles. The largest absolute Gasteiger partial charge is 0.393 e. The number of allylic oxidation sites excluding steroid dienone is 8. The van der Waals surface area contributed by atoms with Gasteiger partial charge in [-0.2, -0.15) is 0 Å². The van der Waals surface area contributed by atoms with E-state index in [9.17, 15) is 0 Å². The standard InChI is InChI=1S/C25H32N3PS3/c1-6-22(29)13-11-12-20(3)16-17-21(18-28-30-7-2)24(19-26-4)32-25(27-5)31-23-14-9-8-10-15-23/h6-15,17-19,26H,2,16,29H2,1,3-5H3/b13-11-,20-12+,21-17+,22-6+,24-19+,27-25-,28-18-. The molecular formula is C25H32N3PS3. The van der Waals surface area contributed by atoms with Crippen LogP contribution in [0.5, 0.6) is 0 Å². The van der Waals surface area contributed by atoms with Crippen molar-refractivity contribution in [3.8, 4) is 0 Å². The molecule has 0 fully saturated rings. The number of nitrogens with one attached hydrogen (secondary N) is 1. The number of hydrogen-bond acceptors (Lipinski definition) is 6. The molecule has 0 radical (unpaired) electrons. The molecule has 32 heavy (non-hydrogen) atoms. The van der Waals surface area contributed by atoms with Gasteiger partial charge in [0.25, 0.3) is 0 Å². The lowest BCUT2D eigenvalue weighted by Crippen LogP contribution is -2.00. The third kappa shape index (κ3) is 12.4. The van der Waals surface area contributed by atoms with Crippen LogP contribution >= 0.6 is 44.7 Å². The van der Waals surface area contributed by atoms with Crippen LogP contribution in [-0.4, -0.2) is 24.7 Å². The molecule has 1 unspecified atom stereocenters. The Labute approximate surface area is 208 Å². The van der Waals surface area contributed by atoms with Gasteiger partial charge in [-0.05, 0) is 43.1 Å². The number of aliphatic imine (C=N–C) groups is 1. The van der Waals surface area contributed by atoms with Crippen molar-refractivity contribution >= 4 is 55.3 Å². The maximum absolute atomic E-state index is 4.50. The van der Waals surface area contributed by atoms with E-state index in [0.29, 0.717) is 0 Å². The highest BCUT2D eigenvalue weighted by Crippen LogP contribution is 2.33. The van der Waals surface area contributed by atoms with Gasteiger partial charge in [0, 0.05) is 53.8 Å². The van der Waals surface area contributed by atoms with Crippen LogP contribution in [0.2, 0.25) is 0 Å². The second-order valence-electron chi connectivity index (χ2n) is 6.33. The number of benzene rings is 1. The predicted octanol–water partition coefficient (Wildman–Crippen LogP) is 8.02. The summed E-state index contributed by atoms with van der Waals surface area (Å²) >= 11 is 4.60. The first kappa shape index (κ1) is 28.3. The maximum Gasteiger partial charge on any atom is 0.134 e. The summed E-state index contributed by atoms with van der Waals surface area (Å²) < 4.78 is 5.38. The Morgan fingerprint density at radius 2 is 2.00 bits per heavy atom. The van der Waals surface area contributed by atoms with E-state index in [-0.39, 0.29) is 0 Å². The summed E-state index contributed by atoms with van der Waals surface area (Å²) in [6, 6.07) is 10.3. The first-order valence-corrected chi connectivity index (χ1v) is 13.1. The van der Waals surface area contributed by atoms with Crippen LogP contribution in [0, 0.1) is 0 Å². The van der Waals surface area contributed by atoms with Gasteiger partial charge in [-0.25, -0.2) is 4.40 Å². The quantitative estimate of drug-likeness (QED) is 0.0832. The summed E-state index contributed by atoms with van der Waals surface area (Å²) in [7, 11) is 6.44. The Morgan fingerprint density at radius 1 is 1.25 bits per heavy atom. The Hall–Kier alpha value is -1.72. The van der Waals surface area contributed by atoms with Gasteiger partial charge < -0.3 is 5.32 Å². The molecule has 0 saturated heterocycles. The molecule has 0 saturated carbocycles. The fourth-order valence-electron chi connectivity index (χ4n) is 2.20. The summed E-state index contributed by atoms with van der Waals surface area (Å²) in [5.74, 6) is 0. The van der Waals surface area contributed by atoms with E-state index in [0.717, 1.165) is 31.5 Å². The van der Waals surface area contributed by atoms with E-state index in [4.69, 9.17) is 0 Å². The van der Waals surface area contributed by atoms with Crippen LogP contribution in [-0.2, 0) is 0 Å². The molecule has 1 N–H and O–H groups in total. The highest BCUT2D eigenvalue weighted by molar-refractivity contribution is 8.40. The van der Waals surface area contributed by atoms with E-state index >= 15 is 0 Å². The van der Waals surface area contributed by atoms with Crippen LogP contribution < -0.4 is 5.32 Å². The highest BCUT2D eigenvalue weighted by Gasteiger charge is 2.11. The zero-order chi connectivity index (χ0) is 23.6. The van der Waals surface area contributed by atoms with E-state index in [1.807, 2.05) is 51.6 Å². The molecule has 1 atom stereocenters. The zero-order valence-corrected chi connectivity index (χ0v) is 22.7. The van der Waals surface area contributed by atoms with Crippen molar-refractivity contribution in [1.82, 2.24) is 5.32 Å². The normalized spacial score (nSPS) is 14.5. The summed E-state index contributed by atoms with van der Waals surface area (Å²) in [5.41, 5.74) is 2.29. The lowest BCUT2D eigenvalue weighted by molar-refractivity contribution is 1.10. The van der Waals surface area contributed by atoms with Crippen LogP contribution in [0.25, 0.3) is 0 Å². The third-order valence-corrected chi connectivity index (χ3v) is 7.06. The van der Waals surface area contributed by atoms with Gasteiger partial charge in [-0.3, -0.25) is 4.99 Å². The van der Waals surface area contributed by atoms with Crippen molar-refractivity contribution in [2.45, 2.75) is 25.2 Å². The van der Waals surface area contributed by atoms with E-state index in [1.165, 1.54) is 17.5 Å². The molecule has 7 heteroatoms. The molecule has 1 rings (SSSR count). The Morgan fingerprint density at radius 3 is 2.62 bits per heavy atom. The monoisotopic (exact) mass is 501 g/mol. The minimum absolute atomic E-state index is 0.818. The average Bonchev–Trinajstić information content (AvgIpc) is 2.81. The molecule has 170 valence electrons. The van der Waals surface area contributed by atoms with Gasteiger partial charge >= 0.3 is 0 Å². The van der Waals surface area contributed by atoms with Crippen LogP contribution in [0.3, 0.4) is 0 Å². The van der Waals surface area contributed by atoms with Gasteiger partial charge in [0.05, 0.1) is 0 Å². The Bertz CT molecular complexity index is 927. The second-order valence-corrected chi connectivity index (χ2v) is 10.1. The fraction of sp³-hybridized carbons (Fsp3) is 0.200. The molecule has 1 aromatic carbocycles. The van der Waals surface area contributed by atoms with Gasteiger partial charge in [0.1, 0.15) is 4.38 Å². The van der Waals surface area contributed by atoms with Crippen LogP contribution in [0.4, 0.5) is 0 Å². The van der Waals surface area contributed by atoms with Crippen molar-refractivity contribution < 1.29 is 0 Å². The lowest BCUT2D eigenvalue weighted by Gasteiger charge is -2.11. The summed E-state index contributed by atoms with van der Waals surface area (Å²) in [6.45, 7) is 7.88. The first-order chi connectivity index (χ1) is 15.5. The molecule has 0 aliphatic carbocycles. The highest BCUT2D eigenvalue weighted by atomic mass is 32.2. The molecule has 0 bridgehead atoms. The second kappa shape index (κ2) is 17.8. The molecule has 1 aromatic rings. The maximum atomic E-state index is 4.50. The smallest absolute Gasteiger partial charge is 0.134 e. The minimum Gasteiger partial charge on any atom is -0.393 e. The number of thioether (sulfide) groups is 2. The lowest BCUT2D eigenvalue weighted by atomic mass is 10.1. The fourth-order valence-corrected chi connectivity index (χ4v) is 4.60. The zero-order valence-electron chi connectivity index (χ0n) is 19.1. The van der Waals surface area contributed by atoms with Crippen molar-refractivity contribution in [1.29, 1.82) is 0 Å². The van der Waals surface area contributed by atoms with Crippen molar-refractivity contribution in [2.24, 2.45) is 9.39 Å². The molecular weight excluding hydrogens is 469 g/mol. The topological polar surface area (TPSA) is 36.8 Å². The molecule has 3 nitrogen and oxygen atoms in total.